The lowest BCUT2D eigenvalue weighted by Gasteiger charge is -2.32. The van der Waals surface area contributed by atoms with Crippen molar-refractivity contribution in [3.63, 3.8) is 0 Å². The normalized spacial score (nSPS) is 16.9. The number of ketones is 1. The second-order valence-corrected chi connectivity index (χ2v) is 6.14. The molecule has 1 atom stereocenters. The smallest absolute Gasteiger partial charge is 0.179 e. The number of hydrogen-bond donors (Lipinski definition) is 0. The van der Waals surface area contributed by atoms with E-state index in [1.807, 2.05) is 38.1 Å². The van der Waals surface area contributed by atoms with Gasteiger partial charge in [-0.05, 0) is 46.5 Å². The van der Waals surface area contributed by atoms with Crippen LogP contribution in [0.4, 0.5) is 0 Å². The van der Waals surface area contributed by atoms with Gasteiger partial charge in [0.2, 0.25) is 0 Å². The third-order valence-electron chi connectivity index (χ3n) is 4.04. The van der Waals surface area contributed by atoms with Crippen LogP contribution < -0.4 is 0 Å². The van der Waals surface area contributed by atoms with Crippen molar-refractivity contribution < 1.29 is 4.79 Å². The minimum absolute atomic E-state index is 0.0247. The molecule has 0 N–H and O–H groups in total. The highest BCUT2D eigenvalue weighted by molar-refractivity contribution is 5.99. The standard InChI is InChI=1S/C17H25NO/c1-12(2)18(11-15-7-8-15)14(4)17(19)16-9-5-13(3)6-10-16/h5-6,9-10,12,14-15H,7-8,11H2,1-4H3. The summed E-state index contributed by atoms with van der Waals surface area (Å²) in [6, 6.07) is 8.32. The first-order valence-corrected chi connectivity index (χ1v) is 7.35. The third kappa shape index (κ3) is 3.66. The van der Waals surface area contributed by atoms with Gasteiger partial charge in [0, 0.05) is 18.2 Å². The first-order valence-electron chi connectivity index (χ1n) is 7.35. The van der Waals surface area contributed by atoms with Gasteiger partial charge >= 0.3 is 0 Å². The fraction of sp³-hybridized carbons (Fsp3) is 0.588. The van der Waals surface area contributed by atoms with Crippen molar-refractivity contribution in [2.24, 2.45) is 5.92 Å². The van der Waals surface area contributed by atoms with Crippen molar-refractivity contribution in [2.45, 2.75) is 52.6 Å². The number of Topliss-reactive ketones (excluding diaryl/α,β-unsaturated/α-hetero) is 1. The SMILES string of the molecule is Cc1ccc(C(=O)C(C)N(CC2CC2)C(C)C)cc1. The van der Waals surface area contributed by atoms with Gasteiger partial charge in [0.05, 0.1) is 6.04 Å². The topological polar surface area (TPSA) is 20.3 Å². The Labute approximate surface area is 116 Å². The van der Waals surface area contributed by atoms with Crippen molar-refractivity contribution in [3.8, 4) is 0 Å². The average Bonchev–Trinajstić information content (AvgIpc) is 3.19. The Kier molecular flexibility index (Phi) is 4.41. The molecule has 0 heterocycles. The summed E-state index contributed by atoms with van der Waals surface area (Å²) in [4.78, 5) is 14.9. The highest BCUT2D eigenvalue weighted by atomic mass is 16.1. The first-order chi connectivity index (χ1) is 8.99. The molecule has 0 aliphatic heterocycles. The van der Waals surface area contributed by atoms with Crippen LogP contribution in [0.2, 0.25) is 0 Å². The Morgan fingerprint density at radius 3 is 2.26 bits per heavy atom. The van der Waals surface area contributed by atoms with Gasteiger partial charge in [-0.3, -0.25) is 9.69 Å². The highest BCUT2D eigenvalue weighted by Crippen LogP contribution is 2.31. The molecule has 0 saturated heterocycles. The summed E-state index contributed by atoms with van der Waals surface area (Å²) in [6.45, 7) is 9.52. The maximum absolute atomic E-state index is 12.6. The Morgan fingerprint density at radius 1 is 1.21 bits per heavy atom. The van der Waals surface area contributed by atoms with E-state index in [-0.39, 0.29) is 11.8 Å². The van der Waals surface area contributed by atoms with Gasteiger partial charge < -0.3 is 0 Å². The maximum atomic E-state index is 12.6. The molecule has 2 rings (SSSR count). The van der Waals surface area contributed by atoms with Crippen LogP contribution in [0.5, 0.6) is 0 Å². The Morgan fingerprint density at radius 2 is 1.79 bits per heavy atom. The molecule has 0 radical (unpaired) electrons. The van der Waals surface area contributed by atoms with Crippen LogP contribution in [0, 0.1) is 12.8 Å². The van der Waals surface area contributed by atoms with Gasteiger partial charge in [-0.2, -0.15) is 0 Å². The van der Waals surface area contributed by atoms with Crippen LogP contribution in [0.3, 0.4) is 0 Å². The molecule has 1 aliphatic carbocycles. The van der Waals surface area contributed by atoms with Crippen LogP contribution in [0.25, 0.3) is 0 Å². The van der Waals surface area contributed by atoms with Crippen LogP contribution in [0.15, 0.2) is 24.3 Å². The minimum atomic E-state index is -0.0247. The largest absolute Gasteiger partial charge is 0.292 e. The Balaban J connectivity index is 2.08. The molecule has 2 nitrogen and oxygen atoms in total. The van der Waals surface area contributed by atoms with E-state index in [1.165, 1.54) is 18.4 Å². The zero-order valence-corrected chi connectivity index (χ0v) is 12.5. The number of hydrogen-bond acceptors (Lipinski definition) is 2. The highest BCUT2D eigenvalue weighted by Gasteiger charge is 2.30. The molecule has 104 valence electrons. The van der Waals surface area contributed by atoms with Crippen LogP contribution in [0.1, 0.15) is 49.5 Å². The quantitative estimate of drug-likeness (QED) is 0.726. The second kappa shape index (κ2) is 5.87. The van der Waals surface area contributed by atoms with E-state index >= 15 is 0 Å². The van der Waals surface area contributed by atoms with E-state index in [2.05, 4.69) is 18.7 Å². The van der Waals surface area contributed by atoms with E-state index in [4.69, 9.17) is 0 Å². The van der Waals surface area contributed by atoms with Crippen LogP contribution >= 0.6 is 0 Å². The summed E-state index contributed by atoms with van der Waals surface area (Å²) >= 11 is 0. The number of nitrogens with zero attached hydrogens (tertiary/aromatic N) is 1. The molecule has 1 aromatic carbocycles. The van der Waals surface area contributed by atoms with Gasteiger partial charge in [-0.15, -0.1) is 0 Å². The molecule has 1 fully saturated rings. The number of carbonyl (C=O) groups is 1. The van der Waals surface area contributed by atoms with E-state index in [0.29, 0.717) is 6.04 Å². The van der Waals surface area contributed by atoms with Gasteiger partial charge in [0.1, 0.15) is 0 Å². The lowest BCUT2D eigenvalue weighted by atomic mass is 10.0. The number of benzene rings is 1. The summed E-state index contributed by atoms with van der Waals surface area (Å²) < 4.78 is 0. The minimum Gasteiger partial charge on any atom is -0.292 e. The van der Waals surface area contributed by atoms with E-state index in [1.54, 1.807) is 0 Å². The van der Waals surface area contributed by atoms with Gasteiger partial charge in [-0.25, -0.2) is 0 Å². The molecule has 19 heavy (non-hydrogen) atoms. The predicted octanol–water partition coefficient (Wildman–Crippen LogP) is 3.69. The molecule has 1 aliphatic rings. The lowest BCUT2D eigenvalue weighted by Crippen LogP contribution is -2.44. The zero-order chi connectivity index (χ0) is 14.0. The van der Waals surface area contributed by atoms with E-state index in [9.17, 15) is 4.79 Å². The monoisotopic (exact) mass is 259 g/mol. The number of rotatable bonds is 6. The summed E-state index contributed by atoms with van der Waals surface area (Å²) in [7, 11) is 0. The maximum Gasteiger partial charge on any atom is 0.179 e. The summed E-state index contributed by atoms with van der Waals surface area (Å²) in [5.74, 6) is 1.06. The summed E-state index contributed by atoms with van der Waals surface area (Å²) in [5, 5.41) is 0. The zero-order valence-electron chi connectivity index (χ0n) is 12.5. The predicted molar refractivity (Wildman–Crippen MR) is 79.5 cm³/mol. The second-order valence-electron chi connectivity index (χ2n) is 6.14. The number of aryl methyl sites for hydroxylation is 1. The van der Waals surface area contributed by atoms with Gasteiger partial charge in [-0.1, -0.05) is 29.8 Å². The van der Waals surface area contributed by atoms with E-state index < -0.39 is 0 Å². The van der Waals surface area contributed by atoms with Crippen molar-refractivity contribution in [1.29, 1.82) is 0 Å². The molecular formula is C17H25NO. The third-order valence-corrected chi connectivity index (χ3v) is 4.04. The molecule has 1 unspecified atom stereocenters. The van der Waals surface area contributed by atoms with Gasteiger partial charge in [0.15, 0.2) is 5.78 Å². The van der Waals surface area contributed by atoms with Crippen LogP contribution in [-0.4, -0.2) is 29.3 Å². The van der Waals surface area contributed by atoms with Crippen molar-refractivity contribution in [1.82, 2.24) is 4.90 Å². The lowest BCUT2D eigenvalue weighted by molar-refractivity contribution is 0.0778. The van der Waals surface area contributed by atoms with E-state index in [0.717, 1.165) is 18.0 Å². The van der Waals surface area contributed by atoms with Crippen LogP contribution in [-0.2, 0) is 0 Å². The van der Waals surface area contributed by atoms with Gasteiger partial charge in [0.25, 0.3) is 0 Å². The molecule has 0 spiro atoms. The summed E-state index contributed by atoms with van der Waals surface area (Å²) in [6.07, 6.45) is 2.66. The van der Waals surface area contributed by atoms with Crippen molar-refractivity contribution >= 4 is 5.78 Å². The fourth-order valence-corrected chi connectivity index (χ4v) is 2.52. The van der Waals surface area contributed by atoms with Crippen molar-refractivity contribution in [2.75, 3.05) is 6.54 Å². The molecule has 1 saturated carbocycles. The Bertz CT molecular complexity index is 431. The average molecular weight is 259 g/mol. The molecule has 2 heteroatoms. The number of carbonyl (C=O) groups excluding carboxylic acids is 1. The molecule has 0 bridgehead atoms. The molecule has 0 amide bonds. The molecular weight excluding hydrogens is 234 g/mol. The van der Waals surface area contributed by atoms with Crippen molar-refractivity contribution in [3.05, 3.63) is 35.4 Å². The molecule has 1 aromatic rings. The fourth-order valence-electron chi connectivity index (χ4n) is 2.52. The Hall–Kier alpha value is -1.15. The molecule has 0 aromatic heterocycles. The summed E-state index contributed by atoms with van der Waals surface area (Å²) in [5.41, 5.74) is 2.03. The first kappa shape index (κ1) is 14.3.